The van der Waals surface area contributed by atoms with E-state index in [1.807, 2.05) is 22.2 Å². The number of aryl methyl sites for hydroxylation is 2. The fourth-order valence-electron chi connectivity index (χ4n) is 1.57. The molecule has 0 aliphatic heterocycles. The summed E-state index contributed by atoms with van der Waals surface area (Å²) in [4.78, 5) is 1.42. The van der Waals surface area contributed by atoms with Crippen LogP contribution < -0.4 is 5.32 Å². The first-order valence-corrected chi connectivity index (χ1v) is 6.51. The highest BCUT2D eigenvalue weighted by Gasteiger charge is 1.99. The van der Waals surface area contributed by atoms with Crippen LogP contribution in [-0.2, 0) is 19.5 Å². The van der Waals surface area contributed by atoms with Gasteiger partial charge in [-0.15, -0.1) is 11.3 Å². The maximum Gasteiger partial charge on any atom is 0.0534 e. The van der Waals surface area contributed by atoms with Crippen molar-refractivity contribution < 1.29 is 0 Å². The first kappa shape index (κ1) is 11.4. The van der Waals surface area contributed by atoms with E-state index in [0.29, 0.717) is 0 Å². The highest BCUT2D eigenvalue weighted by Crippen LogP contribution is 2.10. The van der Waals surface area contributed by atoms with Gasteiger partial charge in [-0.25, -0.2) is 0 Å². The molecule has 0 aliphatic rings. The molecule has 0 saturated carbocycles. The Labute approximate surface area is 100 Å². The van der Waals surface area contributed by atoms with Gasteiger partial charge in [-0.2, -0.15) is 5.10 Å². The molecule has 0 atom stereocenters. The van der Waals surface area contributed by atoms with Crippen molar-refractivity contribution in [2.24, 2.45) is 0 Å². The molecule has 0 aliphatic carbocycles. The molecule has 0 bridgehead atoms. The number of hydrogen-bond donors (Lipinski definition) is 1. The van der Waals surface area contributed by atoms with Crippen LogP contribution in [0.3, 0.4) is 0 Å². The Morgan fingerprint density at radius 3 is 3.19 bits per heavy atom. The zero-order chi connectivity index (χ0) is 11.2. The van der Waals surface area contributed by atoms with Crippen LogP contribution in [0.4, 0.5) is 0 Å². The van der Waals surface area contributed by atoms with E-state index in [9.17, 15) is 0 Å². The van der Waals surface area contributed by atoms with E-state index in [1.54, 1.807) is 0 Å². The minimum absolute atomic E-state index is 0.912. The van der Waals surface area contributed by atoms with Crippen LogP contribution in [0.25, 0.3) is 0 Å². The van der Waals surface area contributed by atoms with Crippen LogP contribution in [0.5, 0.6) is 0 Å². The summed E-state index contributed by atoms with van der Waals surface area (Å²) in [5.74, 6) is 0. The van der Waals surface area contributed by atoms with Crippen molar-refractivity contribution in [3.8, 4) is 0 Å². The van der Waals surface area contributed by atoms with Crippen molar-refractivity contribution in [3.05, 3.63) is 40.3 Å². The highest BCUT2D eigenvalue weighted by molar-refractivity contribution is 7.09. The molecule has 0 amide bonds. The fraction of sp³-hybridized carbons (Fsp3) is 0.417. The molecular formula is C12H17N3S. The standard InChI is InChI=1S/C12H17N3S/c1-2-13-8-11-9-14-15(10-11)6-5-12-4-3-7-16-12/h3-4,7,9-10,13H,2,5-6,8H2,1H3. The lowest BCUT2D eigenvalue weighted by Crippen LogP contribution is -2.11. The normalized spacial score (nSPS) is 10.8. The van der Waals surface area contributed by atoms with E-state index in [0.717, 1.165) is 26.1 Å². The second kappa shape index (κ2) is 5.82. The molecule has 86 valence electrons. The topological polar surface area (TPSA) is 29.9 Å². The van der Waals surface area contributed by atoms with E-state index < -0.39 is 0 Å². The number of nitrogens with one attached hydrogen (secondary N) is 1. The van der Waals surface area contributed by atoms with Crippen LogP contribution in [0.2, 0.25) is 0 Å². The zero-order valence-corrected chi connectivity index (χ0v) is 10.3. The highest BCUT2D eigenvalue weighted by atomic mass is 32.1. The Kier molecular flexibility index (Phi) is 4.13. The first-order chi connectivity index (χ1) is 7.88. The summed E-state index contributed by atoms with van der Waals surface area (Å²) in [6.07, 6.45) is 5.13. The fourth-order valence-corrected chi connectivity index (χ4v) is 2.27. The van der Waals surface area contributed by atoms with Gasteiger partial charge in [0.05, 0.1) is 6.20 Å². The van der Waals surface area contributed by atoms with E-state index >= 15 is 0 Å². The monoisotopic (exact) mass is 235 g/mol. The number of rotatable bonds is 6. The molecule has 3 nitrogen and oxygen atoms in total. The Hall–Kier alpha value is -1.13. The second-order valence-corrected chi connectivity index (χ2v) is 4.75. The Morgan fingerprint density at radius 2 is 2.44 bits per heavy atom. The average Bonchev–Trinajstić information content (AvgIpc) is 2.95. The van der Waals surface area contributed by atoms with Crippen LogP contribution in [0, 0.1) is 0 Å². The quantitative estimate of drug-likeness (QED) is 0.832. The third kappa shape index (κ3) is 3.18. The lowest BCUT2D eigenvalue weighted by Gasteiger charge is -1.99. The zero-order valence-electron chi connectivity index (χ0n) is 9.52. The third-order valence-corrected chi connectivity index (χ3v) is 3.37. The molecule has 1 N–H and O–H groups in total. The molecule has 0 radical (unpaired) electrons. The molecule has 0 spiro atoms. The molecule has 2 aromatic heterocycles. The van der Waals surface area contributed by atoms with Crippen LogP contribution in [-0.4, -0.2) is 16.3 Å². The Bertz CT molecular complexity index is 406. The molecule has 0 saturated heterocycles. The maximum atomic E-state index is 4.35. The largest absolute Gasteiger partial charge is 0.313 e. The number of nitrogens with zero attached hydrogens (tertiary/aromatic N) is 2. The lowest BCUT2D eigenvalue weighted by molar-refractivity contribution is 0.617. The summed E-state index contributed by atoms with van der Waals surface area (Å²) in [5, 5.41) is 9.77. The molecule has 0 unspecified atom stereocenters. The Morgan fingerprint density at radius 1 is 1.50 bits per heavy atom. The summed E-state index contributed by atoms with van der Waals surface area (Å²) in [7, 11) is 0. The van der Waals surface area contributed by atoms with Crippen molar-refractivity contribution in [2.75, 3.05) is 6.54 Å². The van der Waals surface area contributed by atoms with Gasteiger partial charge in [0.25, 0.3) is 0 Å². The summed E-state index contributed by atoms with van der Waals surface area (Å²) >= 11 is 1.81. The van der Waals surface area contributed by atoms with Gasteiger partial charge >= 0.3 is 0 Å². The average molecular weight is 235 g/mol. The minimum atomic E-state index is 0.912. The van der Waals surface area contributed by atoms with E-state index in [4.69, 9.17) is 0 Å². The molecule has 0 aromatic carbocycles. The van der Waals surface area contributed by atoms with Crippen molar-refractivity contribution >= 4 is 11.3 Å². The summed E-state index contributed by atoms with van der Waals surface area (Å²) in [6, 6.07) is 4.27. The molecular weight excluding hydrogens is 218 g/mol. The van der Waals surface area contributed by atoms with Gasteiger partial charge in [-0.05, 0) is 18.0 Å². The summed E-state index contributed by atoms with van der Waals surface area (Å²) < 4.78 is 2.02. The van der Waals surface area contributed by atoms with Crippen molar-refractivity contribution in [1.29, 1.82) is 0 Å². The lowest BCUT2D eigenvalue weighted by atomic mass is 10.3. The maximum absolute atomic E-state index is 4.35. The second-order valence-electron chi connectivity index (χ2n) is 3.72. The van der Waals surface area contributed by atoms with Gasteiger partial charge in [0.15, 0.2) is 0 Å². The molecule has 2 aromatic rings. The van der Waals surface area contributed by atoms with Crippen LogP contribution >= 0.6 is 11.3 Å². The molecule has 16 heavy (non-hydrogen) atoms. The first-order valence-electron chi connectivity index (χ1n) is 5.63. The predicted molar refractivity (Wildman–Crippen MR) is 67.6 cm³/mol. The number of hydrogen-bond acceptors (Lipinski definition) is 3. The van der Waals surface area contributed by atoms with E-state index in [2.05, 4.69) is 41.0 Å². The van der Waals surface area contributed by atoms with Crippen LogP contribution in [0.1, 0.15) is 17.4 Å². The van der Waals surface area contributed by atoms with E-state index in [-0.39, 0.29) is 0 Å². The van der Waals surface area contributed by atoms with Gasteiger partial charge in [0, 0.05) is 36.1 Å². The third-order valence-electron chi connectivity index (χ3n) is 2.43. The van der Waals surface area contributed by atoms with E-state index in [1.165, 1.54) is 10.4 Å². The summed E-state index contributed by atoms with van der Waals surface area (Å²) in [5.41, 5.74) is 1.26. The van der Waals surface area contributed by atoms with Crippen LogP contribution in [0.15, 0.2) is 29.9 Å². The number of thiophene rings is 1. The van der Waals surface area contributed by atoms with Crippen molar-refractivity contribution in [2.45, 2.75) is 26.4 Å². The van der Waals surface area contributed by atoms with Gasteiger partial charge < -0.3 is 5.32 Å². The molecule has 0 fully saturated rings. The molecule has 2 heterocycles. The van der Waals surface area contributed by atoms with Gasteiger partial charge in [0.2, 0.25) is 0 Å². The minimum Gasteiger partial charge on any atom is -0.313 e. The molecule has 2 rings (SSSR count). The van der Waals surface area contributed by atoms with Crippen molar-refractivity contribution in [1.82, 2.24) is 15.1 Å². The smallest absolute Gasteiger partial charge is 0.0534 e. The summed E-state index contributed by atoms with van der Waals surface area (Å²) in [6.45, 7) is 4.99. The predicted octanol–water partition coefficient (Wildman–Crippen LogP) is 2.30. The van der Waals surface area contributed by atoms with Gasteiger partial charge in [-0.3, -0.25) is 4.68 Å². The van der Waals surface area contributed by atoms with Gasteiger partial charge in [-0.1, -0.05) is 13.0 Å². The SMILES string of the molecule is CCNCc1cnn(CCc2cccs2)c1. The number of aromatic nitrogens is 2. The van der Waals surface area contributed by atoms with Crippen molar-refractivity contribution in [3.63, 3.8) is 0 Å². The van der Waals surface area contributed by atoms with Gasteiger partial charge in [0.1, 0.15) is 0 Å². The Balaban J connectivity index is 1.83. The molecule has 4 heteroatoms.